The summed E-state index contributed by atoms with van der Waals surface area (Å²) in [5.74, 6) is -1.13. The van der Waals surface area contributed by atoms with Gasteiger partial charge in [-0.25, -0.2) is 9.18 Å². The number of urea groups is 1. The first kappa shape index (κ1) is 27.3. The molecule has 1 heterocycles. The summed E-state index contributed by atoms with van der Waals surface area (Å²) in [4.78, 5) is 35.9. The number of hydrogen-bond donors (Lipinski definition) is 4. The summed E-state index contributed by atoms with van der Waals surface area (Å²) < 4.78 is 20.6. The van der Waals surface area contributed by atoms with E-state index in [2.05, 4.69) is 24.5 Å². The Morgan fingerprint density at radius 3 is 2.53 bits per heavy atom. The number of primary amides is 2. The molecule has 1 aliphatic rings. The molecule has 1 aromatic carbocycles. The number of amides is 3. The van der Waals surface area contributed by atoms with E-state index in [9.17, 15) is 18.8 Å². The fourth-order valence-electron chi connectivity index (χ4n) is 4.14. The van der Waals surface area contributed by atoms with Crippen LogP contribution in [0.3, 0.4) is 0 Å². The summed E-state index contributed by atoms with van der Waals surface area (Å²) in [6, 6.07) is 4.89. The third-order valence-electron chi connectivity index (χ3n) is 5.86. The number of halogens is 1. The van der Waals surface area contributed by atoms with Crippen LogP contribution in [0.4, 0.5) is 14.2 Å². The second kappa shape index (κ2) is 12.6. The first-order valence-corrected chi connectivity index (χ1v) is 12.9. The van der Waals surface area contributed by atoms with Crippen molar-refractivity contribution in [2.24, 2.45) is 17.4 Å². The molecular weight excluding hydrogens is 483 g/mol. The second-order valence-corrected chi connectivity index (χ2v) is 10.3. The summed E-state index contributed by atoms with van der Waals surface area (Å²) in [5.41, 5.74) is 11.5. The summed E-state index contributed by atoms with van der Waals surface area (Å²) in [5, 5.41) is 5.75. The van der Waals surface area contributed by atoms with E-state index in [1.54, 1.807) is 18.2 Å². The Labute approximate surface area is 214 Å². The largest absolute Gasteiger partial charge is 0.461 e. The summed E-state index contributed by atoms with van der Waals surface area (Å²) in [7, 11) is 0. The number of benzene rings is 1. The number of ether oxygens (including phenoxy) is 1. The van der Waals surface area contributed by atoms with Gasteiger partial charge in [-0.2, -0.15) is 0 Å². The second-order valence-electron chi connectivity index (χ2n) is 9.28. The van der Waals surface area contributed by atoms with E-state index in [4.69, 9.17) is 16.2 Å². The molecular formula is C26H33FN4O4S. The van der Waals surface area contributed by atoms with Gasteiger partial charge < -0.3 is 21.5 Å². The maximum Gasteiger partial charge on any atom is 0.323 e. The Morgan fingerprint density at radius 2 is 1.92 bits per heavy atom. The molecule has 0 bridgehead atoms. The molecule has 1 aromatic heterocycles. The molecule has 0 saturated heterocycles. The number of anilines is 1. The zero-order valence-electron chi connectivity index (χ0n) is 20.5. The highest BCUT2D eigenvalue weighted by atomic mass is 32.1. The van der Waals surface area contributed by atoms with Crippen LogP contribution < -0.4 is 22.1 Å². The van der Waals surface area contributed by atoms with Gasteiger partial charge in [-0.15, -0.1) is 11.3 Å². The highest BCUT2D eigenvalue weighted by molar-refractivity contribution is 7.20. The number of nitrogens with two attached hydrogens (primary N) is 2. The third kappa shape index (κ3) is 7.63. The van der Waals surface area contributed by atoms with Gasteiger partial charge in [-0.1, -0.05) is 38.1 Å². The molecule has 1 fully saturated rings. The monoisotopic (exact) mass is 516 g/mol. The van der Waals surface area contributed by atoms with Gasteiger partial charge in [0.05, 0.1) is 5.56 Å². The Bertz CT molecular complexity index is 1130. The molecule has 0 radical (unpaired) electrons. The number of thiophene rings is 1. The van der Waals surface area contributed by atoms with Crippen LogP contribution in [0, 0.1) is 11.7 Å². The van der Waals surface area contributed by atoms with Crippen molar-refractivity contribution in [3.05, 3.63) is 47.3 Å². The van der Waals surface area contributed by atoms with Crippen LogP contribution in [0.5, 0.6) is 0 Å². The molecule has 194 valence electrons. The van der Waals surface area contributed by atoms with Crippen molar-refractivity contribution in [3.63, 3.8) is 0 Å². The molecule has 8 nitrogen and oxygen atoms in total. The van der Waals surface area contributed by atoms with Crippen molar-refractivity contribution in [2.75, 3.05) is 11.9 Å². The van der Waals surface area contributed by atoms with E-state index < -0.39 is 23.8 Å². The van der Waals surface area contributed by atoms with Crippen molar-refractivity contribution >= 4 is 40.3 Å². The molecule has 1 atom stereocenters. The van der Waals surface area contributed by atoms with Crippen molar-refractivity contribution in [3.8, 4) is 10.4 Å². The fraction of sp³-hybridized carbons (Fsp3) is 0.423. The summed E-state index contributed by atoms with van der Waals surface area (Å²) >= 11 is 1.01. The van der Waals surface area contributed by atoms with Crippen LogP contribution in [0.15, 0.2) is 30.3 Å². The smallest absolute Gasteiger partial charge is 0.323 e. The highest BCUT2D eigenvalue weighted by Crippen LogP contribution is 2.36. The third-order valence-corrected chi connectivity index (χ3v) is 6.95. The van der Waals surface area contributed by atoms with Gasteiger partial charge >= 0.3 is 12.0 Å². The Hall–Kier alpha value is -3.24. The molecule has 1 saturated carbocycles. The lowest BCUT2D eigenvalue weighted by Gasteiger charge is -2.21. The minimum absolute atomic E-state index is 0.0241. The predicted octanol–water partition coefficient (Wildman–Crippen LogP) is 4.65. The average molecular weight is 517 g/mol. The predicted molar refractivity (Wildman–Crippen MR) is 140 cm³/mol. The molecule has 36 heavy (non-hydrogen) atoms. The van der Waals surface area contributed by atoms with E-state index in [1.807, 2.05) is 6.08 Å². The SMILES string of the molecule is CC(C)C[C@H](NC/C=C/c1ccc(-c2cc(C(N)=O)c(NC(N)=O)s2)c(F)c1)C(=O)OC1CCCC1. The van der Waals surface area contributed by atoms with Gasteiger partial charge in [0.2, 0.25) is 0 Å². The van der Waals surface area contributed by atoms with Crippen LogP contribution >= 0.6 is 11.3 Å². The van der Waals surface area contributed by atoms with Crippen LogP contribution in [0.2, 0.25) is 0 Å². The summed E-state index contributed by atoms with van der Waals surface area (Å²) in [6.07, 6.45) is 8.35. The van der Waals surface area contributed by atoms with E-state index in [0.717, 1.165) is 37.0 Å². The van der Waals surface area contributed by atoms with Crippen LogP contribution in [-0.4, -0.2) is 36.6 Å². The number of hydrogen-bond acceptors (Lipinski definition) is 6. The van der Waals surface area contributed by atoms with Gasteiger partial charge in [0.1, 0.15) is 23.0 Å². The highest BCUT2D eigenvalue weighted by Gasteiger charge is 2.25. The van der Waals surface area contributed by atoms with Gasteiger partial charge in [-0.3, -0.25) is 14.9 Å². The van der Waals surface area contributed by atoms with Crippen LogP contribution in [0.1, 0.15) is 61.9 Å². The molecule has 3 amide bonds. The fourth-order valence-corrected chi connectivity index (χ4v) is 5.23. The standard InChI is InChI=1S/C26H33FN4O4S/c1-15(2)12-21(25(33)35-17-7-3-4-8-17)30-11-5-6-16-9-10-18(20(27)13-16)22-14-19(23(28)32)24(36-22)31-26(29)34/h5-6,9-10,13-15,17,21,30H,3-4,7-8,11-12H2,1-2H3,(H2,28,32)(H3,29,31,34)/b6-5+/t21-/m0/s1. The number of carbonyl (C=O) groups is 3. The zero-order valence-corrected chi connectivity index (χ0v) is 21.3. The molecule has 1 aliphatic carbocycles. The average Bonchev–Trinajstić information content (AvgIpc) is 3.45. The minimum Gasteiger partial charge on any atom is -0.461 e. The van der Waals surface area contributed by atoms with E-state index in [-0.39, 0.29) is 28.2 Å². The number of nitrogens with one attached hydrogen (secondary N) is 2. The van der Waals surface area contributed by atoms with Gasteiger partial charge in [0.15, 0.2) is 0 Å². The van der Waals surface area contributed by atoms with Crippen molar-refractivity contribution in [1.82, 2.24) is 5.32 Å². The molecule has 0 unspecified atom stereocenters. The molecule has 2 aromatic rings. The molecule has 3 rings (SSSR count). The first-order valence-electron chi connectivity index (χ1n) is 12.0. The number of esters is 1. The lowest BCUT2D eigenvalue weighted by molar-refractivity contribution is -0.151. The molecule has 0 aliphatic heterocycles. The van der Waals surface area contributed by atoms with Gasteiger partial charge in [0, 0.05) is 17.0 Å². The van der Waals surface area contributed by atoms with Crippen LogP contribution in [-0.2, 0) is 9.53 Å². The zero-order chi connectivity index (χ0) is 26.2. The van der Waals surface area contributed by atoms with E-state index >= 15 is 0 Å². The van der Waals surface area contributed by atoms with Gasteiger partial charge in [-0.05, 0) is 55.7 Å². The lowest BCUT2D eigenvalue weighted by atomic mass is 10.0. The first-order chi connectivity index (χ1) is 17.1. The number of rotatable bonds is 11. The normalized spacial score (nSPS) is 14.9. The van der Waals surface area contributed by atoms with Crippen molar-refractivity contribution in [2.45, 2.75) is 58.1 Å². The maximum atomic E-state index is 14.9. The topological polar surface area (TPSA) is 137 Å². The Morgan fingerprint density at radius 1 is 1.19 bits per heavy atom. The number of carbonyl (C=O) groups excluding carboxylic acids is 3. The minimum atomic E-state index is -0.845. The quantitative estimate of drug-likeness (QED) is 0.322. The van der Waals surface area contributed by atoms with E-state index in [0.29, 0.717) is 29.3 Å². The Kier molecular flexibility index (Phi) is 9.60. The van der Waals surface area contributed by atoms with Crippen molar-refractivity contribution < 1.29 is 23.5 Å². The molecule has 0 spiro atoms. The van der Waals surface area contributed by atoms with Crippen LogP contribution in [0.25, 0.3) is 16.5 Å². The Balaban J connectivity index is 1.64. The summed E-state index contributed by atoms with van der Waals surface area (Å²) in [6.45, 7) is 4.55. The maximum absolute atomic E-state index is 14.9. The van der Waals surface area contributed by atoms with E-state index in [1.165, 1.54) is 12.1 Å². The lowest BCUT2D eigenvalue weighted by Crippen LogP contribution is -2.40. The van der Waals surface area contributed by atoms with Gasteiger partial charge in [0.25, 0.3) is 5.91 Å². The molecule has 10 heteroatoms. The molecule has 6 N–H and O–H groups in total. The van der Waals surface area contributed by atoms with Crippen molar-refractivity contribution in [1.29, 1.82) is 0 Å².